The fourth-order valence-electron chi connectivity index (χ4n) is 3.71. The molecule has 0 amide bonds. The quantitative estimate of drug-likeness (QED) is 0.798. The molecule has 1 aliphatic heterocycles. The second kappa shape index (κ2) is 8.84. The van der Waals surface area contributed by atoms with Crippen molar-refractivity contribution in [3.8, 4) is 5.75 Å². The van der Waals surface area contributed by atoms with Gasteiger partial charge in [0.25, 0.3) is 0 Å². The first-order valence-corrected chi connectivity index (χ1v) is 10.2. The number of nitrogens with zero attached hydrogens (tertiary/aromatic N) is 1. The van der Waals surface area contributed by atoms with E-state index in [1.807, 2.05) is 18.2 Å². The lowest BCUT2D eigenvalue weighted by Gasteiger charge is -2.40. The monoisotopic (exact) mass is 359 g/mol. The Labute approximate surface area is 155 Å². The third-order valence-electron chi connectivity index (χ3n) is 5.15. The molecule has 1 aromatic heterocycles. The highest BCUT2D eigenvalue weighted by atomic mass is 32.1. The van der Waals surface area contributed by atoms with Gasteiger partial charge >= 0.3 is 0 Å². The average Bonchev–Trinajstić information content (AvgIpc) is 3.11. The van der Waals surface area contributed by atoms with E-state index in [9.17, 15) is 5.11 Å². The number of aliphatic hydroxyl groups is 1. The summed E-state index contributed by atoms with van der Waals surface area (Å²) in [5, 5.41) is 12.6. The Morgan fingerprint density at radius 2 is 1.92 bits per heavy atom. The predicted octanol–water partition coefficient (Wildman–Crippen LogP) is 4.34. The van der Waals surface area contributed by atoms with Crippen LogP contribution in [0.1, 0.15) is 43.6 Å². The highest BCUT2D eigenvalue weighted by molar-refractivity contribution is 7.09. The Morgan fingerprint density at radius 3 is 2.64 bits per heavy atom. The van der Waals surface area contributed by atoms with Crippen molar-refractivity contribution in [2.75, 3.05) is 13.2 Å². The first kappa shape index (κ1) is 18.4. The number of para-hydroxylation sites is 1. The summed E-state index contributed by atoms with van der Waals surface area (Å²) in [6, 6.07) is 13.5. The second-order valence-electron chi connectivity index (χ2n) is 7.15. The van der Waals surface area contributed by atoms with Gasteiger partial charge in [-0.05, 0) is 49.8 Å². The number of hydrogen-bond acceptors (Lipinski definition) is 4. The first-order valence-electron chi connectivity index (χ1n) is 9.30. The molecule has 1 aliphatic rings. The number of benzene rings is 1. The number of hydrogen-bond donors (Lipinski definition) is 1. The largest absolute Gasteiger partial charge is 0.491 e. The molecule has 3 rings (SSSR count). The molecule has 3 nitrogen and oxygen atoms in total. The maximum Gasteiger partial charge on any atom is 0.122 e. The van der Waals surface area contributed by atoms with Crippen LogP contribution in [0.3, 0.4) is 0 Å². The zero-order valence-electron chi connectivity index (χ0n) is 15.2. The van der Waals surface area contributed by atoms with Crippen LogP contribution in [0.15, 0.2) is 41.8 Å². The van der Waals surface area contributed by atoms with Gasteiger partial charge in [0.1, 0.15) is 18.5 Å². The summed E-state index contributed by atoms with van der Waals surface area (Å²) in [6.07, 6.45) is 4.16. The van der Waals surface area contributed by atoms with Crippen LogP contribution in [-0.2, 0) is 6.42 Å². The number of likely N-dealkylation sites (tertiary alicyclic amines) is 1. The number of ether oxygens (including phenoxy) is 1. The molecule has 2 heterocycles. The zero-order valence-corrected chi connectivity index (χ0v) is 16.0. The molecular weight excluding hydrogens is 330 g/mol. The van der Waals surface area contributed by atoms with Crippen molar-refractivity contribution in [3.63, 3.8) is 0 Å². The highest BCUT2D eigenvalue weighted by Crippen LogP contribution is 2.25. The van der Waals surface area contributed by atoms with Crippen LogP contribution in [0, 0.1) is 0 Å². The van der Waals surface area contributed by atoms with Crippen LogP contribution >= 0.6 is 11.3 Å². The molecule has 3 atom stereocenters. The molecule has 4 heteroatoms. The Kier molecular flexibility index (Phi) is 6.51. The van der Waals surface area contributed by atoms with E-state index in [2.05, 4.69) is 42.3 Å². The van der Waals surface area contributed by atoms with Gasteiger partial charge in [0.15, 0.2) is 0 Å². The van der Waals surface area contributed by atoms with Crippen molar-refractivity contribution in [1.82, 2.24) is 4.90 Å². The minimum Gasteiger partial charge on any atom is -0.491 e. The molecule has 0 radical (unpaired) electrons. The molecule has 3 unspecified atom stereocenters. The smallest absolute Gasteiger partial charge is 0.122 e. The Hall–Kier alpha value is -1.36. The lowest BCUT2D eigenvalue weighted by atomic mass is 9.97. The lowest BCUT2D eigenvalue weighted by molar-refractivity contribution is 0.0207. The summed E-state index contributed by atoms with van der Waals surface area (Å²) in [5.74, 6) is 0.884. The van der Waals surface area contributed by atoms with Crippen LogP contribution in [0.5, 0.6) is 5.75 Å². The van der Waals surface area contributed by atoms with Crippen molar-refractivity contribution in [2.24, 2.45) is 0 Å². The van der Waals surface area contributed by atoms with Crippen molar-refractivity contribution >= 4 is 11.3 Å². The van der Waals surface area contributed by atoms with E-state index in [1.54, 1.807) is 11.3 Å². The molecule has 1 N–H and O–H groups in total. The van der Waals surface area contributed by atoms with Crippen molar-refractivity contribution < 1.29 is 9.84 Å². The lowest BCUT2D eigenvalue weighted by Crippen LogP contribution is -2.48. The van der Waals surface area contributed by atoms with Crippen molar-refractivity contribution in [3.05, 3.63) is 52.2 Å². The zero-order chi connectivity index (χ0) is 17.6. The van der Waals surface area contributed by atoms with Gasteiger partial charge in [0.05, 0.1) is 0 Å². The predicted molar refractivity (Wildman–Crippen MR) is 105 cm³/mol. The van der Waals surface area contributed by atoms with Gasteiger partial charge < -0.3 is 9.84 Å². The van der Waals surface area contributed by atoms with Crippen LogP contribution in [-0.4, -0.2) is 41.3 Å². The van der Waals surface area contributed by atoms with Gasteiger partial charge in [-0.15, -0.1) is 11.3 Å². The maximum absolute atomic E-state index is 10.5. The molecule has 2 aromatic rings. The van der Waals surface area contributed by atoms with Gasteiger partial charge in [0.2, 0.25) is 0 Å². The van der Waals surface area contributed by atoms with E-state index < -0.39 is 6.10 Å². The molecule has 25 heavy (non-hydrogen) atoms. The fourth-order valence-corrected chi connectivity index (χ4v) is 4.44. The molecule has 0 saturated carbocycles. The average molecular weight is 360 g/mol. The van der Waals surface area contributed by atoms with Gasteiger partial charge in [0, 0.05) is 29.9 Å². The minimum atomic E-state index is -0.460. The Morgan fingerprint density at radius 1 is 1.16 bits per heavy atom. The third kappa shape index (κ3) is 5.06. The van der Waals surface area contributed by atoms with Crippen molar-refractivity contribution in [1.29, 1.82) is 0 Å². The normalized spacial score (nSPS) is 22.7. The standard InChI is InChI=1S/C21H29NO2S/c1-16-7-5-8-17(2)22(16)14-19(23)15-24-21-11-4-3-9-18(21)13-20-10-6-12-25-20/h3-4,6,9-12,16-17,19,23H,5,7-8,13-15H2,1-2H3. The van der Waals surface area contributed by atoms with E-state index in [1.165, 1.54) is 29.7 Å². The van der Waals surface area contributed by atoms with E-state index in [0.717, 1.165) is 12.2 Å². The number of β-amino-alcohol motifs (C(OH)–C–C–N with tert-alkyl or cyclic N) is 1. The number of rotatable bonds is 7. The van der Waals surface area contributed by atoms with E-state index in [-0.39, 0.29) is 0 Å². The third-order valence-corrected chi connectivity index (χ3v) is 6.02. The summed E-state index contributed by atoms with van der Waals surface area (Å²) in [4.78, 5) is 3.75. The van der Waals surface area contributed by atoms with E-state index in [0.29, 0.717) is 25.2 Å². The summed E-state index contributed by atoms with van der Waals surface area (Å²) in [6.45, 7) is 5.56. The van der Waals surface area contributed by atoms with Gasteiger partial charge in [-0.3, -0.25) is 4.90 Å². The highest BCUT2D eigenvalue weighted by Gasteiger charge is 2.26. The first-order chi connectivity index (χ1) is 12.1. The Balaban J connectivity index is 1.56. The molecule has 0 spiro atoms. The fraction of sp³-hybridized carbons (Fsp3) is 0.524. The molecule has 136 valence electrons. The summed E-state index contributed by atoms with van der Waals surface area (Å²) in [7, 11) is 0. The van der Waals surface area contributed by atoms with Crippen molar-refractivity contribution in [2.45, 2.75) is 57.7 Å². The number of thiophene rings is 1. The van der Waals surface area contributed by atoms with Crippen LogP contribution in [0.4, 0.5) is 0 Å². The molecule has 0 bridgehead atoms. The summed E-state index contributed by atoms with van der Waals surface area (Å²) in [5.41, 5.74) is 1.18. The molecule has 1 fully saturated rings. The van der Waals surface area contributed by atoms with Crippen LogP contribution < -0.4 is 4.74 Å². The van der Waals surface area contributed by atoms with Gasteiger partial charge in [-0.2, -0.15) is 0 Å². The number of piperidine rings is 1. The van der Waals surface area contributed by atoms with E-state index >= 15 is 0 Å². The second-order valence-corrected chi connectivity index (χ2v) is 8.19. The summed E-state index contributed by atoms with van der Waals surface area (Å²) < 4.78 is 5.99. The maximum atomic E-state index is 10.5. The Bertz CT molecular complexity index is 633. The number of aliphatic hydroxyl groups excluding tert-OH is 1. The van der Waals surface area contributed by atoms with Gasteiger partial charge in [-0.25, -0.2) is 0 Å². The summed E-state index contributed by atoms with van der Waals surface area (Å²) >= 11 is 1.76. The van der Waals surface area contributed by atoms with E-state index in [4.69, 9.17) is 4.74 Å². The topological polar surface area (TPSA) is 32.7 Å². The minimum absolute atomic E-state index is 0.345. The van der Waals surface area contributed by atoms with Crippen LogP contribution in [0.2, 0.25) is 0 Å². The van der Waals surface area contributed by atoms with Gasteiger partial charge in [-0.1, -0.05) is 30.7 Å². The molecule has 1 saturated heterocycles. The SMILES string of the molecule is CC1CCCC(C)N1CC(O)COc1ccccc1Cc1cccs1. The van der Waals surface area contributed by atoms with Crippen LogP contribution in [0.25, 0.3) is 0 Å². The molecule has 1 aromatic carbocycles. The molecule has 0 aliphatic carbocycles. The molecular formula is C21H29NO2S.